The Morgan fingerprint density at radius 1 is 1.59 bits per heavy atom. The Morgan fingerprint density at radius 2 is 2.29 bits per heavy atom. The second kappa shape index (κ2) is 5.75. The van der Waals surface area contributed by atoms with Gasteiger partial charge in [-0.15, -0.1) is 0 Å². The summed E-state index contributed by atoms with van der Waals surface area (Å²) in [6, 6.07) is 6.10. The molecule has 17 heavy (non-hydrogen) atoms. The van der Waals surface area contributed by atoms with E-state index in [1.807, 2.05) is 0 Å². The van der Waals surface area contributed by atoms with Crippen LogP contribution in [0, 0.1) is 5.82 Å². The first-order valence-corrected chi connectivity index (χ1v) is 5.21. The predicted molar refractivity (Wildman–Crippen MR) is 60.7 cm³/mol. The highest BCUT2D eigenvalue weighted by Gasteiger charge is 2.30. The molecule has 0 aliphatic carbocycles. The van der Waals surface area contributed by atoms with Crippen LogP contribution in [-0.2, 0) is 16.1 Å². The van der Waals surface area contributed by atoms with Crippen molar-refractivity contribution in [2.75, 3.05) is 13.7 Å². The molecule has 1 aromatic carbocycles. The van der Waals surface area contributed by atoms with Gasteiger partial charge in [0.05, 0.1) is 7.11 Å². The zero-order chi connectivity index (χ0) is 12.9. The fourth-order valence-corrected chi connectivity index (χ4v) is 1.39. The lowest BCUT2D eigenvalue weighted by molar-refractivity contribution is -0.159. The summed E-state index contributed by atoms with van der Waals surface area (Å²) in [5, 5.41) is 12.6. The average Bonchev–Trinajstić information content (AvgIpc) is 2.27. The Bertz CT molecular complexity index is 393. The second-order valence-electron chi connectivity index (χ2n) is 4.00. The number of carbonyl (C=O) groups is 1. The Morgan fingerprint density at radius 3 is 2.88 bits per heavy atom. The minimum absolute atomic E-state index is 0.0379. The zero-order valence-electron chi connectivity index (χ0n) is 9.87. The molecule has 1 rings (SSSR count). The van der Waals surface area contributed by atoms with E-state index in [9.17, 15) is 14.3 Å². The number of halogens is 1. The monoisotopic (exact) mass is 241 g/mol. The summed E-state index contributed by atoms with van der Waals surface area (Å²) in [6.07, 6.45) is 0. The van der Waals surface area contributed by atoms with Crippen LogP contribution >= 0.6 is 0 Å². The molecule has 0 amide bonds. The minimum atomic E-state index is -1.58. The molecule has 0 spiro atoms. The van der Waals surface area contributed by atoms with Gasteiger partial charge in [-0.05, 0) is 24.6 Å². The Balaban J connectivity index is 2.45. The maximum atomic E-state index is 12.9. The molecule has 0 aliphatic heterocycles. The van der Waals surface area contributed by atoms with E-state index in [0.29, 0.717) is 6.54 Å². The summed E-state index contributed by atoms with van der Waals surface area (Å²) in [5.41, 5.74) is -0.840. The van der Waals surface area contributed by atoms with Crippen molar-refractivity contribution in [3.63, 3.8) is 0 Å². The largest absolute Gasteiger partial charge is 0.467 e. The van der Waals surface area contributed by atoms with Crippen LogP contribution in [-0.4, -0.2) is 30.3 Å². The summed E-state index contributed by atoms with van der Waals surface area (Å²) < 4.78 is 17.3. The predicted octanol–water partition coefficient (Wildman–Crippen LogP) is 0.839. The van der Waals surface area contributed by atoms with Gasteiger partial charge in [0.2, 0.25) is 0 Å². The van der Waals surface area contributed by atoms with Gasteiger partial charge in [-0.2, -0.15) is 0 Å². The number of rotatable bonds is 5. The van der Waals surface area contributed by atoms with Crippen LogP contribution in [0.4, 0.5) is 4.39 Å². The van der Waals surface area contributed by atoms with Crippen LogP contribution in [0.15, 0.2) is 24.3 Å². The first-order valence-electron chi connectivity index (χ1n) is 5.21. The van der Waals surface area contributed by atoms with Gasteiger partial charge in [0, 0.05) is 13.1 Å². The lowest BCUT2D eigenvalue weighted by Crippen LogP contribution is -2.45. The zero-order valence-corrected chi connectivity index (χ0v) is 9.87. The SMILES string of the molecule is COC(=O)C(C)(O)CNCc1cccc(F)c1. The number of carbonyl (C=O) groups excluding carboxylic acids is 1. The van der Waals surface area contributed by atoms with Gasteiger partial charge in [0.15, 0.2) is 5.60 Å². The van der Waals surface area contributed by atoms with E-state index in [4.69, 9.17) is 0 Å². The lowest BCUT2D eigenvalue weighted by Gasteiger charge is -2.20. The summed E-state index contributed by atoms with van der Waals surface area (Å²) in [5.74, 6) is -1.02. The van der Waals surface area contributed by atoms with Crippen molar-refractivity contribution in [2.45, 2.75) is 19.1 Å². The van der Waals surface area contributed by atoms with E-state index in [1.165, 1.54) is 26.2 Å². The van der Waals surface area contributed by atoms with Crippen molar-refractivity contribution in [3.8, 4) is 0 Å². The average molecular weight is 241 g/mol. The van der Waals surface area contributed by atoms with Gasteiger partial charge in [0.25, 0.3) is 0 Å². The molecule has 1 aromatic rings. The highest BCUT2D eigenvalue weighted by molar-refractivity contribution is 5.78. The number of aliphatic hydroxyl groups is 1. The number of hydrogen-bond donors (Lipinski definition) is 2. The highest BCUT2D eigenvalue weighted by atomic mass is 19.1. The molecule has 5 heteroatoms. The normalized spacial score (nSPS) is 14.1. The fourth-order valence-electron chi connectivity index (χ4n) is 1.39. The van der Waals surface area contributed by atoms with E-state index in [0.717, 1.165) is 5.56 Å². The Kier molecular flexibility index (Phi) is 4.60. The molecular formula is C12H16FNO3. The Hall–Kier alpha value is -1.46. The molecule has 0 radical (unpaired) electrons. The van der Waals surface area contributed by atoms with Gasteiger partial charge in [-0.1, -0.05) is 12.1 Å². The van der Waals surface area contributed by atoms with Crippen LogP contribution < -0.4 is 5.32 Å². The molecule has 0 saturated carbocycles. The number of nitrogens with one attached hydrogen (secondary N) is 1. The molecule has 0 bridgehead atoms. The summed E-state index contributed by atoms with van der Waals surface area (Å²) >= 11 is 0. The van der Waals surface area contributed by atoms with Crippen LogP contribution in [0.5, 0.6) is 0 Å². The van der Waals surface area contributed by atoms with E-state index in [1.54, 1.807) is 12.1 Å². The van der Waals surface area contributed by atoms with Crippen LogP contribution in [0.1, 0.15) is 12.5 Å². The van der Waals surface area contributed by atoms with E-state index in [-0.39, 0.29) is 12.4 Å². The molecule has 1 atom stereocenters. The lowest BCUT2D eigenvalue weighted by atomic mass is 10.1. The molecular weight excluding hydrogens is 225 g/mol. The molecule has 1 unspecified atom stereocenters. The van der Waals surface area contributed by atoms with Gasteiger partial charge in [0.1, 0.15) is 5.82 Å². The third-order valence-electron chi connectivity index (χ3n) is 2.31. The molecule has 2 N–H and O–H groups in total. The van der Waals surface area contributed by atoms with Crippen LogP contribution in [0.3, 0.4) is 0 Å². The summed E-state index contributed by atoms with van der Waals surface area (Å²) in [7, 11) is 1.21. The molecule has 0 aliphatic rings. The standard InChI is InChI=1S/C12H16FNO3/c1-12(16,11(15)17-2)8-14-7-9-4-3-5-10(13)6-9/h3-6,14,16H,7-8H2,1-2H3. The van der Waals surface area contributed by atoms with Crippen LogP contribution in [0.2, 0.25) is 0 Å². The number of ether oxygens (including phenoxy) is 1. The molecule has 4 nitrogen and oxygen atoms in total. The molecule has 0 saturated heterocycles. The minimum Gasteiger partial charge on any atom is -0.467 e. The number of esters is 1. The van der Waals surface area contributed by atoms with Gasteiger partial charge in [-0.3, -0.25) is 0 Å². The van der Waals surface area contributed by atoms with E-state index in [2.05, 4.69) is 10.1 Å². The third kappa shape index (κ3) is 4.13. The van der Waals surface area contributed by atoms with Crippen molar-refractivity contribution in [2.24, 2.45) is 0 Å². The molecule has 0 aromatic heterocycles. The molecule has 0 fully saturated rings. The molecule has 94 valence electrons. The second-order valence-corrected chi connectivity index (χ2v) is 4.00. The van der Waals surface area contributed by atoms with Gasteiger partial charge in [-0.25, -0.2) is 9.18 Å². The summed E-state index contributed by atoms with van der Waals surface area (Å²) in [6.45, 7) is 1.76. The van der Waals surface area contributed by atoms with Crippen molar-refractivity contribution in [3.05, 3.63) is 35.6 Å². The van der Waals surface area contributed by atoms with Crippen molar-refractivity contribution < 1.29 is 19.0 Å². The smallest absolute Gasteiger partial charge is 0.338 e. The first kappa shape index (κ1) is 13.6. The summed E-state index contributed by atoms with van der Waals surface area (Å²) in [4.78, 5) is 11.2. The maximum absolute atomic E-state index is 12.9. The number of hydrogen-bond acceptors (Lipinski definition) is 4. The Labute approximate surface area is 99.4 Å². The van der Waals surface area contributed by atoms with Gasteiger partial charge >= 0.3 is 5.97 Å². The number of benzene rings is 1. The molecule has 0 heterocycles. The van der Waals surface area contributed by atoms with Crippen LogP contribution in [0.25, 0.3) is 0 Å². The van der Waals surface area contributed by atoms with E-state index < -0.39 is 11.6 Å². The maximum Gasteiger partial charge on any atom is 0.338 e. The van der Waals surface area contributed by atoms with Gasteiger partial charge < -0.3 is 15.2 Å². The van der Waals surface area contributed by atoms with Crippen molar-refractivity contribution >= 4 is 5.97 Å². The third-order valence-corrected chi connectivity index (χ3v) is 2.31. The van der Waals surface area contributed by atoms with Crippen molar-refractivity contribution in [1.82, 2.24) is 5.32 Å². The first-order chi connectivity index (χ1) is 7.95. The quantitative estimate of drug-likeness (QED) is 0.750. The van der Waals surface area contributed by atoms with E-state index >= 15 is 0 Å². The fraction of sp³-hybridized carbons (Fsp3) is 0.417. The highest BCUT2D eigenvalue weighted by Crippen LogP contribution is 2.06. The topological polar surface area (TPSA) is 58.6 Å². The van der Waals surface area contributed by atoms with Crippen molar-refractivity contribution in [1.29, 1.82) is 0 Å². The number of methoxy groups -OCH3 is 1.